The van der Waals surface area contributed by atoms with Crippen molar-refractivity contribution in [3.05, 3.63) is 47.4 Å². The third-order valence-electron chi connectivity index (χ3n) is 1.76. The Hall–Kier alpha value is -2.12. The fourth-order valence-corrected chi connectivity index (χ4v) is 1.19. The zero-order valence-electron chi connectivity index (χ0n) is 8.09. The summed E-state index contributed by atoms with van der Waals surface area (Å²) >= 11 is 5.64. The molecule has 78 valence electrons. The van der Waals surface area contributed by atoms with Crippen LogP contribution < -0.4 is 4.74 Å². The SMILES string of the molecule is N#Cc1cccc(Oc2ccc(Cl)nc2)n1. The summed E-state index contributed by atoms with van der Waals surface area (Å²) in [4.78, 5) is 7.83. The minimum Gasteiger partial charge on any atom is -0.437 e. The van der Waals surface area contributed by atoms with E-state index >= 15 is 0 Å². The van der Waals surface area contributed by atoms with Crippen LogP contribution >= 0.6 is 11.6 Å². The van der Waals surface area contributed by atoms with E-state index in [1.165, 1.54) is 6.20 Å². The number of nitriles is 1. The maximum Gasteiger partial charge on any atom is 0.220 e. The summed E-state index contributed by atoms with van der Waals surface area (Å²) < 4.78 is 5.39. The van der Waals surface area contributed by atoms with Crippen LogP contribution in [0.3, 0.4) is 0 Å². The molecule has 0 saturated carbocycles. The Morgan fingerprint density at radius 3 is 2.81 bits per heavy atom. The molecular formula is C11H6ClN3O. The van der Waals surface area contributed by atoms with Gasteiger partial charge in [0, 0.05) is 6.07 Å². The number of hydrogen-bond acceptors (Lipinski definition) is 4. The summed E-state index contributed by atoms with van der Waals surface area (Å²) in [6.07, 6.45) is 1.49. The Morgan fingerprint density at radius 1 is 1.25 bits per heavy atom. The molecule has 0 aliphatic rings. The normalized spacial score (nSPS) is 9.50. The van der Waals surface area contributed by atoms with E-state index in [0.717, 1.165) is 0 Å². The lowest BCUT2D eigenvalue weighted by Gasteiger charge is -2.03. The van der Waals surface area contributed by atoms with Gasteiger partial charge in [-0.25, -0.2) is 9.97 Å². The van der Waals surface area contributed by atoms with Gasteiger partial charge in [0.1, 0.15) is 22.7 Å². The highest BCUT2D eigenvalue weighted by Gasteiger charge is 2.00. The second-order valence-electron chi connectivity index (χ2n) is 2.89. The molecule has 0 bridgehead atoms. The van der Waals surface area contributed by atoms with Crippen molar-refractivity contribution in [2.45, 2.75) is 0 Å². The lowest BCUT2D eigenvalue weighted by molar-refractivity contribution is 0.460. The summed E-state index contributed by atoms with van der Waals surface area (Å²) in [5, 5.41) is 9.06. The summed E-state index contributed by atoms with van der Waals surface area (Å²) in [5.74, 6) is 0.871. The third kappa shape index (κ3) is 2.47. The van der Waals surface area contributed by atoms with Gasteiger partial charge in [0.25, 0.3) is 0 Å². The molecule has 0 radical (unpaired) electrons. The van der Waals surface area contributed by atoms with Crippen LogP contribution in [0, 0.1) is 11.3 Å². The van der Waals surface area contributed by atoms with Crippen molar-refractivity contribution in [1.82, 2.24) is 9.97 Å². The predicted molar refractivity (Wildman–Crippen MR) is 58.3 cm³/mol. The quantitative estimate of drug-likeness (QED) is 0.746. The van der Waals surface area contributed by atoms with Crippen molar-refractivity contribution in [2.75, 3.05) is 0 Å². The van der Waals surface area contributed by atoms with Gasteiger partial charge in [-0.15, -0.1) is 0 Å². The maximum atomic E-state index is 8.67. The molecule has 0 atom stereocenters. The highest BCUT2D eigenvalue weighted by Crippen LogP contribution is 2.19. The zero-order chi connectivity index (χ0) is 11.4. The highest BCUT2D eigenvalue weighted by atomic mass is 35.5. The van der Waals surface area contributed by atoms with E-state index in [1.807, 2.05) is 6.07 Å². The number of rotatable bonds is 2. The first-order chi connectivity index (χ1) is 7.78. The Bertz CT molecular complexity index is 534. The van der Waals surface area contributed by atoms with E-state index in [4.69, 9.17) is 21.6 Å². The average Bonchev–Trinajstić information content (AvgIpc) is 2.32. The van der Waals surface area contributed by atoms with Gasteiger partial charge in [-0.3, -0.25) is 0 Å². The molecule has 2 aromatic heterocycles. The summed E-state index contributed by atoms with van der Waals surface area (Å²) in [5.41, 5.74) is 0.305. The van der Waals surface area contributed by atoms with Crippen LogP contribution in [0.2, 0.25) is 5.15 Å². The molecule has 0 spiro atoms. The van der Waals surface area contributed by atoms with E-state index in [0.29, 0.717) is 22.5 Å². The molecule has 0 N–H and O–H groups in total. The van der Waals surface area contributed by atoms with Crippen LogP contribution in [0.1, 0.15) is 5.69 Å². The van der Waals surface area contributed by atoms with E-state index in [2.05, 4.69) is 9.97 Å². The molecule has 0 aliphatic carbocycles. The Kier molecular flexibility index (Phi) is 2.99. The van der Waals surface area contributed by atoms with Crippen LogP contribution in [0.25, 0.3) is 0 Å². The first-order valence-electron chi connectivity index (χ1n) is 4.44. The smallest absolute Gasteiger partial charge is 0.220 e. The van der Waals surface area contributed by atoms with Crippen LogP contribution in [-0.2, 0) is 0 Å². The zero-order valence-corrected chi connectivity index (χ0v) is 8.85. The van der Waals surface area contributed by atoms with Crippen molar-refractivity contribution < 1.29 is 4.74 Å². The van der Waals surface area contributed by atoms with Gasteiger partial charge >= 0.3 is 0 Å². The summed E-state index contributed by atoms with van der Waals surface area (Å²) in [6, 6.07) is 10.2. The van der Waals surface area contributed by atoms with Gasteiger partial charge < -0.3 is 4.74 Å². The first kappa shape index (κ1) is 10.4. The standard InChI is InChI=1S/C11H6ClN3O/c12-10-5-4-9(7-14-10)16-11-3-1-2-8(6-13)15-11/h1-5,7H. The van der Waals surface area contributed by atoms with Crippen molar-refractivity contribution in [3.8, 4) is 17.7 Å². The summed E-state index contributed by atoms with van der Waals surface area (Å²) in [7, 11) is 0. The molecule has 2 heterocycles. The van der Waals surface area contributed by atoms with E-state index in [1.54, 1.807) is 30.3 Å². The fourth-order valence-electron chi connectivity index (χ4n) is 1.08. The number of nitrogens with zero attached hydrogens (tertiary/aromatic N) is 3. The maximum absolute atomic E-state index is 8.67. The molecular weight excluding hydrogens is 226 g/mol. The topological polar surface area (TPSA) is 58.8 Å². The summed E-state index contributed by atoms with van der Waals surface area (Å²) in [6.45, 7) is 0. The van der Waals surface area contributed by atoms with Crippen LogP contribution in [-0.4, -0.2) is 9.97 Å². The third-order valence-corrected chi connectivity index (χ3v) is 1.98. The van der Waals surface area contributed by atoms with Crippen molar-refractivity contribution in [3.63, 3.8) is 0 Å². The van der Waals surface area contributed by atoms with Crippen molar-refractivity contribution in [1.29, 1.82) is 5.26 Å². The van der Waals surface area contributed by atoms with Crippen LogP contribution in [0.15, 0.2) is 36.5 Å². The molecule has 0 amide bonds. The first-order valence-corrected chi connectivity index (χ1v) is 4.82. The van der Waals surface area contributed by atoms with E-state index in [-0.39, 0.29) is 0 Å². The molecule has 16 heavy (non-hydrogen) atoms. The number of pyridine rings is 2. The van der Waals surface area contributed by atoms with E-state index in [9.17, 15) is 0 Å². The lowest BCUT2D eigenvalue weighted by atomic mass is 10.4. The molecule has 2 rings (SSSR count). The average molecular weight is 232 g/mol. The Balaban J connectivity index is 2.21. The van der Waals surface area contributed by atoms with Gasteiger partial charge in [0.15, 0.2) is 0 Å². The molecule has 0 aromatic carbocycles. The minimum absolute atomic E-state index is 0.305. The van der Waals surface area contributed by atoms with Crippen molar-refractivity contribution in [2.24, 2.45) is 0 Å². The molecule has 0 saturated heterocycles. The predicted octanol–water partition coefficient (Wildman–Crippen LogP) is 2.79. The molecule has 0 aliphatic heterocycles. The van der Waals surface area contributed by atoms with Gasteiger partial charge in [-0.1, -0.05) is 17.7 Å². The second-order valence-corrected chi connectivity index (χ2v) is 3.28. The largest absolute Gasteiger partial charge is 0.437 e. The molecule has 4 nitrogen and oxygen atoms in total. The fraction of sp³-hybridized carbons (Fsp3) is 0. The highest BCUT2D eigenvalue weighted by molar-refractivity contribution is 6.29. The van der Waals surface area contributed by atoms with Gasteiger partial charge in [-0.05, 0) is 18.2 Å². The molecule has 5 heteroatoms. The van der Waals surface area contributed by atoms with Gasteiger partial charge in [0.2, 0.25) is 5.88 Å². The second kappa shape index (κ2) is 4.60. The van der Waals surface area contributed by atoms with Crippen LogP contribution in [0.5, 0.6) is 11.6 Å². The van der Waals surface area contributed by atoms with Gasteiger partial charge in [-0.2, -0.15) is 5.26 Å². The number of hydrogen-bond donors (Lipinski definition) is 0. The van der Waals surface area contributed by atoms with Crippen LogP contribution in [0.4, 0.5) is 0 Å². The van der Waals surface area contributed by atoms with Gasteiger partial charge in [0.05, 0.1) is 6.20 Å². The minimum atomic E-state index is 0.305. The monoisotopic (exact) mass is 231 g/mol. The molecule has 0 unspecified atom stereocenters. The lowest BCUT2D eigenvalue weighted by Crippen LogP contribution is -1.90. The number of aromatic nitrogens is 2. The molecule has 2 aromatic rings. The molecule has 0 fully saturated rings. The number of ether oxygens (including phenoxy) is 1. The number of halogens is 1. The van der Waals surface area contributed by atoms with Crippen molar-refractivity contribution >= 4 is 11.6 Å². The van der Waals surface area contributed by atoms with E-state index < -0.39 is 0 Å². The Labute approximate surface area is 97.1 Å². The Morgan fingerprint density at radius 2 is 2.12 bits per heavy atom.